The van der Waals surface area contributed by atoms with Gasteiger partial charge in [-0.25, -0.2) is 0 Å². The molecule has 1 fully saturated rings. The second kappa shape index (κ2) is 5.08. The van der Waals surface area contributed by atoms with Crippen LogP contribution in [0, 0.1) is 6.92 Å². The average Bonchev–Trinajstić information content (AvgIpc) is 2.68. The molecule has 1 heterocycles. The van der Waals surface area contributed by atoms with Crippen LogP contribution in [-0.4, -0.2) is 23.4 Å². The molecule has 1 aliphatic rings. The minimum Gasteiger partial charge on any atom is -0.508 e. The molecule has 1 atom stereocenters. The molecule has 22 heavy (non-hydrogen) atoms. The molecule has 112 valence electrons. The third kappa shape index (κ3) is 2.38. The van der Waals surface area contributed by atoms with E-state index in [4.69, 9.17) is 9.31 Å². The molecule has 0 aromatic heterocycles. The van der Waals surface area contributed by atoms with Crippen molar-refractivity contribution in [3.8, 4) is 16.9 Å². The van der Waals surface area contributed by atoms with E-state index in [-0.39, 0.29) is 5.75 Å². The van der Waals surface area contributed by atoms with E-state index in [1.54, 1.807) is 0 Å². The van der Waals surface area contributed by atoms with Crippen molar-refractivity contribution in [2.24, 2.45) is 0 Å². The first-order valence-corrected chi connectivity index (χ1v) is 7.40. The summed E-state index contributed by atoms with van der Waals surface area (Å²) in [5.74, 6) is 0.187. The van der Waals surface area contributed by atoms with Crippen LogP contribution in [0.15, 0.2) is 48.5 Å². The summed E-state index contributed by atoms with van der Waals surface area (Å²) in [5.41, 5.74) is 1.14. The second-order valence-corrected chi connectivity index (χ2v) is 6.42. The van der Waals surface area contributed by atoms with Gasteiger partial charge in [-0.2, -0.15) is 0 Å². The number of para-hydroxylation sites is 1. The van der Waals surface area contributed by atoms with Gasteiger partial charge in [0, 0.05) is 17.9 Å². The fourth-order valence-corrected chi connectivity index (χ4v) is 2.52. The van der Waals surface area contributed by atoms with E-state index in [0.717, 1.165) is 11.1 Å². The molecule has 2 aromatic rings. The summed E-state index contributed by atoms with van der Waals surface area (Å²) in [4.78, 5) is 0. The Labute approximate surface area is 132 Å². The number of benzene rings is 2. The summed E-state index contributed by atoms with van der Waals surface area (Å²) >= 11 is 0. The number of hydrogen-bond acceptors (Lipinski definition) is 3. The van der Waals surface area contributed by atoms with Gasteiger partial charge in [-0.15, -0.1) is 0 Å². The number of phenols is 1. The van der Waals surface area contributed by atoms with Gasteiger partial charge in [0.2, 0.25) is 5.60 Å². The Morgan fingerprint density at radius 2 is 1.64 bits per heavy atom. The molecule has 0 bridgehead atoms. The van der Waals surface area contributed by atoms with Gasteiger partial charge in [-0.1, -0.05) is 48.5 Å². The maximum Gasteiger partial charge on any atom is 0.501 e. The van der Waals surface area contributed by atoms with Gasteiger partial charge in [-0.3, -0.25) is 0 Å². The number of phenolic OH excluding ortho intramolecular Hbond substituents is 1. The van der Waals surface area contributed by atoms with Gasteiger partial charge in [0.1, 0.15) is 11.4 Å². The standard InChI is InChI=1S/C18H19BO3/c1-17(2)18(3,4)22-19(21-17)15-12-8-11-14(16(15)20)13-9-6-5-7-10-13/h5-12H,1H2,2-4H3/p+1. The number of rotatable bonds is 2. The van der Waals surface area contributed by atoms with E-state index < -0.39 is 18.3 Å². The lowest BCUT2D eigenvalue weighted by atomic mass is 9.77. The van der Waals surface area contributed by atoms with Crippen molar-refractivity contribution in [1.82, 2.24) is 0 Å². The van der Waals surface area contributed by atoms with Crippen molar-refractivity contribution < 1.29 is 14.4 Å². The highest BCUT2D eigenvalue weighted by atomic mass is 16.7. The highest BCUT2D eigenvalue weighted by molar-refractivity contribution is 6.63. The van der Waals surface area contributed by atoms with E-state index in [0.29, 0.717) is 5.46 Å². The summed E-state index contributed by atoms with van der Waals surface area (Å²) in [6, 6.07) is 15.4. The molecule has 3 nitrogen and oxygen atoms in total. The Morgan fingerprint density at radius 3 is 2.23 bits per heavy atom. The largest absolute Gasteiger partial charge is 0.508 e. The van der Waals surface area contributed by atoms with Crippen LogP contribution in [0.25, 0.3) is 11.1 Å². The summed E-state index contributed by atoms with van der Waals surface area (Å²) in [7, 11) is -0.624. The van der Waals surface area contributed by atoms with Crippen LogP contribution in [0.5, 0.6) is 5.75 Å². The minimum absolute atomic E-state index is 0.187. The molecule has 4 heteroatoms. The lowest BCUT2D eigenvalue weighted by Gasteiger charge is -2.25. The first-order valence-electron chi connectivity index (χ1n) is 7.40. The summed E-state index contributed by atoms with van der Waals surface area (Å²) in [6.07, 6.45) is 0. The Morgan fingerprint density at radius 1 is 0.955 bits per heavy atom. The van der Waals surface area contributed by atoms with E-state index in [1.807, 2.05) is 69.3 Å². The fourth-order valence-electron chi connectivity index (χ4n) is 2.52. The molecule has 0 spiro atoms. The van der Waals surface area contributed by atoms with Crippen molar-refractivity contribution in [2.45, 2.75) is 32.0 Å². The Bertz CT molecular complexity index is 664. The van der Waals surface area contributed by atoms with Crippen LogP contribution in [0.1, 0.15) is 20.8 Å². The van der Waals surface area contributed by atoms with Crippen molar-refractivity contribution in [1.29, 1.82) is 0 Å². The third-order valence-electron chi connectivity index (χ3n) is 4.45. The summed E-state index contributed by atoms with van der Waals surface area (Å²) in [5, 5.41) is 10.7. The van der Waals surface area contributed by atoms with Gasteiger partial charge in [0.15, 0.2) is 0 Å². The first-order chi connectivity index (χ1) is 10.3. The van der Waals surface area contributed by atoms with Crippen molar-refractivity contribution >= 4 is 12.6 Å². The number of hydrogen-bond donors (Lipinski definition) is 1. The van der Waals surface area contributed by atoms with E-state index in [1.165, 1.54) is 0 Å². The molecule has 1 unspecified atom stereocenters. The van der Waals surface area contributed by atoms with Crippen molar-refractivity contribution in [3.63, 3.8) is 0 Å². The van der Waals surface area contributed by atoms with E-state index in [2.05, 4.69) is 6.92 Å². The quantitative estimate of drug-likeness (QED) is 0.683. The Hall–Kier alpha value is -1.91. The Kier molecular flexibility index (Phi) is 3.46. The van der Waals surface area contributed by atoms with E-state index >= 15 is 0 Å². The highest BCUT2D eigenvalue weighted by Crippen LogP contribution is 2.38. The predicted octanol–water partition coefficient (Wildman–Crippen LogP) is 3.17. The lowest BCUT2D eigenvalue weighted by molar-refractivity contribution is 0.0262. The maximum absolute atomic E-state index is 10.7. The topological polar surface area (TPSA) is 38.7 Å². The van der Waals surface area contributed by atoms with Crippen LogP contribution in [0.3, 0.4) is 0 Å². The van der Waals surface area contributed by atoms with Crippen molar-refractivity contribution in [3.05, 3.63) is 55.5 Å². The van der Waals surface area contributed by atoms with Crippen LogP contribution < -0.4 is 5.46 Å². The average molecular weight is 295 g/mol. The first kappa shape index (κ1) is 15.0. The highest BCUT2D eigenvalue weighted by Gasteiger charge is 2.57. The second-order valence-electron chi connectivity index (χ2n) is 6.42. The molecule has 2 aromatic carbocycles. The monoisotopic (exact) mass is 295 g/mol. The molecule has 0 amide bonds. The molecule has 0 saturated carbocycles. The van der Waals surface area contributed by atoms with Gasteiger partial charge in [0.25, 0.3) is 0 Å². The molecule has 0 aliphatic carbocycles. The lowest BCUT2D eigenvalue weighted by Crippen LogP contribution is -2.42. The normalized spacial score (nSPS) is 23.7. The SMILES string of the molecule is [CH2+]C1(C)OB(c2cccc(-c3ccccc3)c2O)OC1(C)C. The minimum atomic E-state index is -0.674. The van der Waals surface area contributed by atoms with Gasteiger partial charge >= 0.3 is 7.12 Å². The summed E-state index contributed by atoms with van der Waals surface area (Å²) < 4.78 is 11.9. The molecule has 1 saturated heterocycles. The molecule has 1 aliphatic heterocycles. The van der Waals surface area contributed by atoms with Crippen LogP contribution >= 0.6 is 0 Å². The molecular weight excluding hydrogens is 275 g/mol. The van der Waals surface area contributed by atoms with Gasteiger partial charge in [-0.05, 0) is 19.4 Å². The number of aromatic hydroxyl groups is 1. The summed E-state index contributed by atoms with van der Waals surface area (Å²) in [6.45, 7) is 9.86. The zero-order chi connectivity index (χ0) is 16.0. The van der Waals surface area contributed by atoms with Crippen LogP contribution in [-0.2, 0) is 9.31 Å². The maximum atomic E-state index is 10.7. The zero-order valence-corrected chi connectivity index (χ0v) is 13.2. The van der Waals surface area contributed by atoms with Crippen LogP contribution in [0.4, 0.5) is 0 Å². The van der Waals surface area contributed by atoms with Gasteiger partial charge < -0.3 is 14.4 Å². The smallest absolute Gasteiger partial charge is 0.501 e. The molecule has 0 radical (unpaired) electrons. The van der Waals surface area contributed by atoms with Crippen LogP contribution in [0.2, 0.25) is 0 Å². The zero-order valence-electron chi connectivity index (χ0n) is 13.2. The Balaban J connectivity index is 2.01. The molecule has 1 N–H and O–H groups in total. The van der Waals surface area contributed by atoms with Gasteiger partial charge in [0.05, 0.1) is 6.92 Å². The predicted molar refractivity (Wildman–Crippen MR) is 88.9 cm³/mol. The fraction of sp³-hybridized carbons (Fsp3) is 0.278. The molecular formula is C18H20BO3+. The van der Waals surface area contributed by atoms with Crippen molar-refractivity contribution in [2.75, 3.05) is 0 Å². The van der Waals surface area contributed by atoms with E-state index in [9.17, 15) is 5.11 Å². The molecule has 3 rings (SSSR count). The third-order valence-corrected chi connectivity index (χ3v) is 4.45.